The Labute approximate surface area is 198 Å². The number of rotatable bonds is 7. The fourth-order valence-electron chi connectivity index (χ4n) is 4.09. The number of nitro benzene ring substituents is 1. The SMILES string of the molecule is NCN(N)CCN1C(=O)c2cccc3cc(N=Cc4cc5c(cc4[N+](=O)[O-])OCO5)cc(c23)C1=O. The number of benzene rings is 3. The summed E-state index contributed by atoms with van der Waals surface area (Å²) in [7, 11) is 0. The number of nitrogens with zero attached hydrogens (tertiary/aromatic N) is 4. The van der Waals surface area contributed by atoms with Crippen LogP contribution in [0.1, 0.15) is 26.3 Å². The van der Waals surface area contributed by atoms with Gasteiger partial charge in [-0.05, 0) is 29.7 Å². The van der Waals surface area contributed by atoms with E-state index in [0.29, 0.717) is 33.3 Å². The van der Waals surface area contributed by atoms with Gasteiger partial charge in [0.25, 0.3) is 17.5 Å². The van der Waals surface area contributed by atoms with Gasteiger partial charge in [0, 0.05) is 30.3 Å². The van der Waals surface area contributed by atoms with Gasteiger partial charge in [-0.2, -0.15) is 0 Å². The van der Waals surface area contributed by atoms with Gasteiger partial charge in [-0.1, -0.05) is 12.1 Å². The predicted octanol–water partition coefficient (Wildman–Crippen LogP) is 1.92. The molecule has 0 saturated heterocycles. The van der Waals surface area contributed by atoms with Gasteiger partial charge in [0.15, 0.2) is 11.5 Å². The van der Waals surface area contributed by atoms with Crippen LogP contribution in [0.2, 0.25) is 0 Å². The number of nitro groups is 1. The Morgan fingerprint density at radius 1 is 1.11 bits per heavy atom. The smallest absolute Gasteiger partial charge is 0.282 e. The fraction of sp³-hybridized carbons (Fsp3) is 0.174. The highest BCUT2D eigenvalue weighted by atomic mass is 16.7. The molecule has 2 amide bonds. The van der Waals surface area contributed by atoms with E-state index in [1.807, 2.05) is 0 Å². The zero-order valence-electron chi connectivity index (χ0n) is 18.3. The molecule has 0 radical (unpaired) electrons. The summed E-state index contributed by atoms with van der Waals surface area (Å²) in [5.41, 5.74) is 6.62. The number of hydrogen-bond donors (Lipinski definition) is 2. The van der Waals surface area contributed by atoms with Crippen molar-refractivity contribution >= 4 is 40.2 Å². The second-order valence-corrected chi connectivity index (χ2v) is 7.93. The molecule has 0 saturated carbocycles. The fourth-order valence-corrected chi connectivity index (χ4v) is 4.09. The zero-order chi connectivity index (χ0) is 24.7. The summed E-state index contributed by atoms with van der Waals surface area (Å²) in [6.45, 7) is 0.338. The second kappa shape index (κ2) is 8.76. The number of hydrogen-bond acceptors (Lipinski definition) is 10. The lowest BCUT2D eigenvalue weighted by atomic mass is 9.93. The van der Waals surface area contributed by atoms with Gasteiger partial charge < -0.3 is 15.2 Å². The highest BCUT2D eigenvalue weighted by Gasteiger charge is 2.33. The minimum absolute atomic E-state index is 0.0199. The molecule has 178 valence electrons. The Bertz CT molecular complexity index is 1420. The number of amides is 2. The van der Waals surface area contributed by atoms with Crippen molar-refractivity contribution in [1.82, 2.24) is 9.91 Å². The van der Waals surface area contributed by atoms with Gasteiger partial charge in [-0.25, -0.2) is 5.01 Å². The predicted molar refractivity (Wildman–Crippen MR) is 126 cm³/mol. The summed E-state index contributed by atoms with van der Waals surface area (Å²) in [5, 5.41) is 14.0. The lowest BCUT2D eigenvalue weighted by molar-refractivity contribution is -0.385. The second-order valence-electron chi connectivity index (χ2n) is 7.93. The van der Waals surface area contributed by atoms with Gasteiger partial charge in [0.2, 0.25) is 6.79 Å². The molecule has 0 aromatic heterocycles. The van der Waals surface area contributed by atoms with Gasteiger partial charge in [-0.3, -0.25) is 35.4 Å². The average molecular weight is 476 g/mol. The zero-order valence-corrected chi connectivity index (χ0v) is 18.3. The largest absolute Gasteiger partial charge is 0.454 e. The van der Waals surface area contributed by atoms with E-state index in [4.69, 9.17) is 21.1 Å². The van der Waals surface area contributed by atoms with Gasteiger partial charge in [0.05, 0.1) is 34.5 Å². The average Bonchev–Trinajstić information content (AvgIpc) is 3.32. The van der Waals surface area contributed by atoms with Crippen molar-refractivity contribution in [3.63, 3.8) is 0 Å². The van der Waals surface area contributed by atoms with Crippen LogP contribution in [-0.2, 0) is 0 Å². The molecule has 0 fully saturated rings. The maximum absolute atomic E-state index is 13.3. The third-order valence-corrected chi connectivity index (χ3v) is 5.83. The summed E-state index contributed by atoms with van der Waals surface area (Å²) in [4.78, 5) is 42.8. The number of ether oxygens (including phenoxy) is 2. The topological polar surface area (TPSA) is 167 Å². The molecule has 3 aromatic carbocycles. The number of hydrazine groups is 1. The van der Waals surface area contributed by atoms with Crippen LogP contribution in [0.4, 0.5) is 11.4 Å². The first-order valence-electron chi connectivity index (χ1n) is 10.6. The molecule has 5 rings (SSSR count). The molecule has 2 aliphatic rings. The molecule has 12 nitrogen and oxygen atoms in total. The van der Waals surface area contributed by atoms with Crippen molar-refractivity contribution in [2.45, 2.75) is 0 Å². The van der Waals surface area contributed by atoms with Gasteiger partial charge >= 0.3 is 0 Å². The maximum atomic E-state index is 13.3. The van der Waals surface area contributed by atoms with E-state index in [1.165, 1.54) is 23.4 Å². The molecule has 2 aliphatic heterocycles. The summed E-state index contributed by atoms with van der Waals surface area (Å²) in [6, 6.07) is 11.2. The van der Waals surface area contributed by atoms with Gasteiger partial charge in [-0.15, -0.1) is 0 Å². The highest BCUT2D eigenvalue weighted by molar-refractivity contribution is 6.26. The standard InChI is InChI=1S/C23H20N6O6/c24-11-27(25)4-5-28-22(30)16-3-1-2-13-6-15(8-17(21(13)16)23(28)31)26-10-14-7-19-20(35-12-34-19)9-18(14)29(32)33/h1-3,6-10H,4-5,11-12,24-25H2. The summed E-state index contributed by atoms with van der Waals surface area (Å²) >= 11 is 0. The minimum Gasteiger partial charge on any atom is -0.454 e. The monoisotopic (exact) mass is 476 g/mol. The van der Waals surface area contributed by atoms with Crippen molar-refractivity contribution in [3.8, 4) is 11.5 Å². The van der Waals surface area contributed by atoms with Crippen LogP contribution in [0.5, 0.6) is 11.5 Å². The van der Waals surface area contributed by atoms with E-state index < -0.39 is 16.7 Å². The van der Waals surface area contributed by atoms with E-state index in [-0.39, 0.29) is 43.6 Å². The molecule has 12 heteroatoms. The van der Waals surface area contributed by atoms with Crippen LogP contribution >= 0.6 is 0 Å². The van der Waals surface area contributed by atoms with Crippen LogP contribution in [0.3, 0.4) is 0 Å². The number of carbonyl (C=O) groups excluding carboxylic acids is 2. The summed E-state index contributed by atoms with van der Waals surface area (Å²) < 4.78 is 10.5. The third kappa shape index (κ3) is 3.95. The first kappa shape index (κ1) is 22.4. The first-order valence-corrected chi connectivity index (χ1v) is 10.6. The highest BCUT2D eigenvalue weighted by Crippen LogP contribution is 2.38. The maximum Gasteiger partial charge on any atom is 0.282 e. The minimum atomic E-state index is -0.533. The summed E-state index contributed by atoms with van der Waals surface area (Å²) in [6.07, 6.45) is 1.33. The van der Waals surface area contributed by atoms with Crippen molar-refractivity contribution < 1.29 is 24.0 Å². The molecular weight excluding hydrogens is 456 g/mol. The van der Waals surface area contributed by atoms with Crippen LogP contribution in [-0.4, -0.2) is 59.4 Å². The molecule has 0 atom stereocenters. The third-order valence-electron chi connectivity index (χ3n) is 5.83. The van der Waals surface area contributed by atoms with Crippen molar-refractivity contribution in [1.29, 1.82) is 0 Å². The first-order chi connectivity index (χ1) is 16.9. The van der Waals surface area contributed by atoms with E-state index in [9.17, 15) is 19.7 Å². The summed E-state index contributed by atoms with van der Waals surface area (Å²) in [5.74, 6) is 5.50. The van der Waals surface area contributed by atoms with Crippen LogP contribution in [0, 0.1) is 10.1 Å². The Hall–Kier alpha value is -4.39. The quantitative estimate of drug-likeness (QED) is 0.129. The molecule has 0 spiro atoms. The van der Waals surface area contributed by atoms with E-state index in [2.05, 4.69) is 4.99 Å². The van der Waals surface area contributed by atoms with E-state index >= 15 is 0 Å². The molecule has 4 N–H and O–H groups in total. The Morgan fingerprint density at radius 2 is 1.86 bits per heavy atom. The van der Waals surface area contributed by atoms with E-state index in [1.54, 1.807) is 30.3 Å². The number of imide groups is 1. The van der Waals surface area contributed by atoms with E-state index in [0.717, 1.165) is 4.90 Å². The molecular formula is C23H20N6O6. The Kier molecular flexibility index (Phi) is 5.61. The van der Waals surface area contributed by atoms with Crippen molar-refractivity contribution in [3.05, 3.63) is 69.3 Å². The molecule has 35 heavy (non-hydrogen) atoms. The Balaban J connectivity index is 1.55. The lowest BCUT2D eigenvalue weighted by Crippen LogP contribution is -2.47. The van der Waals surface area contributed by atoms with Crippen molar-refractivity contribution in [2.24, 2.45) is 16.6 Å². The van der Waals surface area contributed by atoms with Crippen LogP contribution < -0.4 is 21.1 Å². The molecule has 2 heterocycles. The van der Waals surface area contributed by atoms with Crippen molar-refractivity contribution in [2.75, 3.05) is 26.6 Å². The van der Waals surface area contributed by atoms with Crippen LogP contribution in [0.25, 0.3) is 10.8 Å². The van der Waals surface area contributed by atoms with Crippen LogP contribution in [0.15, 0.2) is 47.5 Å². The molecule has 0 aliphatic carbocycles. The normalized spacial score (nSPS) is 14.5. The number of carbonyl (C=O) groups is 2. The molecule has 0 unspecified atom stereocenters. The molecule has 0 bridgehead atoms. The number of aliphatic imine (C=N–C) groups is 1. The Morgan fingerprint density at radius 3 is 2.60 bits per heavy atom. The molecule has 3 aromatic rings. The lowest BCUT2D eigenvalue weighted by Gasteiger charge is -2.28. The number of nitrogens with two attached hydrogens (primary N) is 2. The van der Waals surface area contributed by atoms with Gasteiger partial charge in [0.1, 0.15) is 0 Å². The number of fused-ring (bicyclic) bond motifs is 1.